The van der Waals surface area contributed by atoms with Crippen LogP contribution in [0.1, 0.15) is 65.4 Å². The molecule has 0 amide bonds. The van der Waals surface area contributed by atoms with Gasteiger partial charge in [-0.2, -0.15) is 0 Å². The van der Waals surface area contributed by atoms with Gasteiger partial charge < -0.3 is 15.3 Å². The zero-order valence-corrected chi connectivity index (χ0v) is 15.5. The molecule has 0 spiro atoms. The lowest BCUT2D eigenvalue weighted by Gasteiger charge is -2.61. The van der Waals surface area contributed by atoms with Crippen molar-refractivity contribution in [3.8, 4) is 11.5 Å². The summed E-state index contributed by atoms with van der Waals surface area (Å²) in [5.74, 6) is 0.618. The minimum atomic E-state index is -0.688. The first-order chi connectivity index (χ1) is 11.1. The molecule has 2 aliphatic carbocycles. The van der Waals surface area contributed by atoms with Gasteiger partial charge in [-0.1, -0.05) is 33.3 Å². The van der Waals surface area contributed by atoms with Crippen molar-refractivity contribution in [2.24, 2.45) is 22.7 Å². The summed E-state index contributed by atoms with van der Waals surface area (Å²) < 4.78 is 0. The average Bonchev–Trinajstić information content (AvgIpc) is 2.45. The van der Waals surface area contributed by atoms with Crippen molar-refractivity contribution in [1.29, 1.82) is 0 Å². The Morgan fingerprint density at radius 2 is 1.71 bits per heavy atom. The largest absolute Gasteiger partial charge is 0.504 e. The zero-order chi connectivity index (χ0) is 17.8. The summed E-state index contributed by atoms with van der Waals surface area (Å²) in [6.45, 7) is 9.13. The van der Waals surface area contributed by atoms with Gasteiger partial charge in [0.2, 0.25) is 0 Å². The molecule has 1 aromatic carbocycles. The van der Waals surface area contributed by atoms with Gasteiger partial charge in [-0.15, -0.1) is 0 Å². The Kier molecular flexibility index (Phi) is 4.15. The minimum absolute atomic E-state index is 0.0753. The Balaban J connectivity index is 1.96. The smallest absolute Gasteiger partial charge is 0.157 e. The summed E-state index contributed by atoms with van der Waals surface area (Å²) in [4.78, 5) is 0. The minimum Gasteiger partial charge on any atom is -0.504 e. The molecule has 134 valence electrons. The Labute approximate surface area is 145 Å². The molecule has 2 fully saturated rings. The molecular weight excluding hydrogens is 300 g/mol. The molecule has 24 heavy (non-hydrogen) atoms. The van der Waals surface area contributed by atoms with Crippen LogP contribution in [-0.4, -0.2) is 20.9 Å². The number of hydrogen-bond acceptors (Lipinski definition) is 3. The van der Waals surface area contributed by atoms with Crippen molar-refractivity contribution in [1.82, 2.24) is 0 Å². The highest BCUT2D eigenvalue weighted by atomic mass is 16.3. The number of benzene rings is 1. The van der Waals surface area contributed by atoms with E-state index in [4.69, 9.17) is 0 Å². The van der Waals surface area contributed by atoms with Crippen LogP contribution in [0.5, 0.6) is 11.5 Å². The molecule has 0 saturated heterocycles. The third-order valence-electron chi connectivity index (χ3n) is 7.24. The Bertz CT molecular complexity index is 620. The van der Waals surface area contributed by atoms with Crippen LogP contribution in [0.4, 0.5) is 0 Å². The van der Waals surface area contributed by atoms with E-state index in [9.17, 15) is 15.3 Å². The van der Waals surface area contributed by atoms with E-state index >= 15 is 0 Å². The monoisotopic (exact) mass is 332 g/mol. The lowest BCUT2D eigenvalue weighted by molar-refractivity contribution is -0.166. The molecule has 0 radical (unpaired) electrons. The number of aliphatic hydroxyl groups is 1. The number of phenolic OH excluding ortho intramolecular Hbond substituents is 2. The third kappa shape index (κ3) is 2.81. The number of fused-ring (bicyclic) bond motifs is 1. The van der Waals surface area contributed by atoms with E-state index in [1.54, 1.807) is 12.1 Å². The summed E-state index contributed by atoms with van der Waals surface area (Å²) >= 11 is 0. The summed E-state index contributed by atoms with van der Waals surface area (Å²) in [6, 6.07) is 5.06. The first-order valence-electron chi connectivity index (χ1n) is 9.29. The summed E-state index contributed by atoms with van der Waals surface area (Å²) in [7, 11) is 0. The summed E-state index contributed by atoms with van der Waals surface area (Å²) in [5, 5.41) is 30.6. The average molecular weight is 332 g/mol. The van der Waals surface area contributed by atoms with Crippen molar-refractivity contribution >= 4 is 0 Å². The Morgan fingerprint density at radius 1 is 1.00 bits per heavy atom. The molecule has 0 unspecified atom stereocenters. The second kappa shape index (κ2) is 5.66. The second-order valence-corrected chi connectivity index (χ2v) is 9.38. The fourth-order valence-electron chi connectivity index (χ4n) is 6.01. The quantitative estimate of drug-likeness (QED) is 0.692. The van der Waals surface area contributed by atoms with Crippen LogP contribution in [0, 0.1) is 22.7 Å². The maximum atomic E-state index is 11.2. The normalized spacial score (nSPS) is 38.5. The molecular formula is C21H32O3. The van der Waals surface area contributed by atoms with Gasteiger partial charge in [0.25, 0.3) is 0 Å². The van der Waals surface area contributed by atoms with Crippen LogP contribution in [0.2, 0.25) is 0 Å². The highest BCUT2D eigenvalue weighted by Gasteiger charge is 2.57. The van der Waals surface area contributed by atoms with Crippen molar-refractivity contribution < 1.29 is 15.3 Å². The molecule has 0 aliphatic heterocycles. The fourth-order valence-corrected chi connectivity index (χ4v) is 6.01. The van der Waals surface area contributed by atoms with Gasteiger partial charge in [0, 0.05) is 0 Å². The number of phenols is 2. The second-order valence-electron chi connectivity index (χ2n) is 9.38. The summed E-state index contributed by atoms with van der Waals surface area (Å²) in [5.41, 5.74) is 0.725. The van der Waals surface area contributed by atoms with Crippen LogP contribution in [0.25, 0.3) is 0 Å². The van der Waals surface area contributed by atoms with Gasteiger partial charge in [-0.05, 0) is 79.4 Å². The van der Waals surface area contributed by atoms with E-state index in [0.717, 1.165) is 31.2 Å². The molecule has 3 N–H and O–H groups in total. The van der Waals surface area contributed by atoms with Gasteiger partial charge in [0.05, 0.1) is 5.60 Å². The predicted octanol–water partition coefficient (Wildman–Crippen LogP) is 4.63. The van der Waals surface area contributed by atoms with Gasteiger partial charge in [0.1, 0.15) is 0 Å². The summed E-state index contributed by atoms with van der Waals surface area (Å²) in [6.07, 6.45) is 6.31. The first-order valence-corrected chi connectivity index (χ1v) is 9.29. The van der Waals surface area contributed by atoms with Gasteiger partial charge in [-0.3, -0.25) is 0 Å². The van der Waals surface area contributed by atoms with Crippen LogP contribution in [0.15, 0.2) is 18.2 Å². The first kappa shape index (κ1) is 17.6. The molecule has 0 heterocycles. The van der Waals surface area contributed by atoms with E-state index in [2.05, 4.69) is 20.8 Å². The van der Waals surface area contributed by atoms with Crippen LogP contribution in [-0.2, 0) is 6.42 Å². The van der Waals surface area contributed by atoms with E-state index in [1.165, 1.54) is 12.8 Å². The van der Waals surface area contributed by atoms with Crippen molar-refractivity contribution in [3.05, 3.63) is 23.8 Å². The molecule has 3 nitrogen and oxygen atoms in total. The SMILES string of the molecule is CC1(C)CCC[C@]2(C)[C@@H](Cc3ccc(O)c(O)c3)[C@@](C)(O)CC[C@@H]12. The molecule has 3 heteroatoms. The molecule has 2 saturated carbocycles. The Morgan fingerprint density at radius 3 is 2.38 bits per heavy atom. The highest BCUT2D eigenvalue weighted by molar-refractivity contribution is 5.40. The molecule has 0 aromatic heterocycles. The standard InChI is InChI=1S/C21H32O3/c1-19(2)9-5-10-20(3)17(19)8-11-21(4,24)18(20)13-14-6-7-15(22)16(23)12-14/h6-7,12,17-18,22-24H,5,8-11,13H2,1-4H3/t17-,18+,20-,21-/m0/s1. The van der Waals surface area contributed by atoms with Gasteiger partial charge in [0.15, 0.2) is 11.5 Å². The molecule has 4 atom stereocenters. The topological polar surface area (TPSA) is 60.7 Å². The lowest BCUT2D eigenvalue weighted by atomic mass is 9.45. The van der Waals surface area contributed by atoms with Crippen molar-refractivity contribution in [3.63, 3.8) is 0 Å². The van der Waals surface area contributed by atoms with Gasteiger partial charge in [-0.25, -0.2) is 0 Å². The molecule has 0 bridgehead atoms. The molecule has 3 rings (SSSR count). The number of hydrogen-bond donors (Lipinski definition) is 3. The van der Waals surface area contributed by atoms with Crippen LogP contribution >= 0.6 is 0 Å². The van der Waals surface area contributed by atoms with Crippen molar-refractivity contribution in [2.75, 3.05) is 0 Å². The Hall–Kier alpha value is -1.22. The third-order valence-corrected chi connectivity index (χ3v) is 7.24. The van der Waals surface area contributed by atoms with Crippen molar-refractivity contribution in [2.45, 2.75) is 71.8 Å². The van der Waals surface area contributed by atoms with Crippen LogP contribution < -0.4 is 0 Å². The maximum Gasteiger partial charge on any atom is 0.157 e. The van der Waals surface area contributed by atoms with Crippen LogP contribution in [0.3, 0.4) is 0 Å². The van der Waals surface area contributed by atoms with Gasteiger partial charge >= 0.3 is 0 Å². The predicted molar refractivity (Wildman–Crippen MR) is 96.1 cm³/mol. The lowest BCUT2D eigenvalue weighted by Crippen LogP contribution is -2.58. The number of rotatable bonds is 2. The van der Waals surface area contributed by atoms with E-state index in [0.29, 0.717) is 11.3 Å². The van der Waals surface area contributed by atoms with E-state index < -0.39 is 5.60 Å². The molecule has 2 aliphatic rings. The van der Waals surface area contributed by atoms with E-state index in [1.807, 2.05) is 13.0 Å². The highest BCUT2D eigenvalue weighted by Crippen LogP contribution is 2.62. The maximum absolute atomic E-state index is 11.2. The zero-order valence-electron chi connectivity index (χ0n) is 15.5. The fraction of sp³-hybridized carbons (Fsp3) is 0.714. The molecule has 1 aromatic rings. The van der Waals surface area contributed by atoms with E-state index in [-0.39, 0.29) is 22.8 Å². The number of aromatic hydroxyl groups is 2.